The predicted octanol–water partition coefficient (Wildman–Crippen LogP) is 3.16. The van der Waals surface area contributed by atoms with Crippen LogP contribution in [0.1, 0.15) is 37.0 Å². The molecule has 3 atom stereocenters. The Morgan fingerprint density at radius 2 is 1.88 bits per heavy atom. The fourth-order valence-electron chi connectivity index (χ4n) is 5.30. The Morgan fingerprint density at radius 1 is 1.12 bits per heavy atom. The third-order valence-corrected chi connectivity index (χ3v) is 7.97. The fourth-order valence-corrected chi connectivity index (χ4v) is 5.30. The summed E-state index contributed by atoms with van der Waals surface area (Å²) in [6.45, 7) is 5.18. The Hall–Kier alpha value is -4.03. The van der Waals surface area contributed by atoms with E-state index in [1.165, 1.54) is 4.90 Å². The van der Waals surface area contributed by atoms with Crippen molar-refractivity contribution in [3.63, 3.8) is 0 Å². The first kappa shape index (κ1) is 29.5. The molecular formula is C30H38N4O8. The Labute approximate surface area is 244 Å². The maximum absolute atomic E-state index is 13.7. The fraction of sp³-hybridized carbons (Fsp3) is 0.500. The summed E-state index contributed by atoms with van der Waals surface area (Å²) in [4.78, 5) is 43.1. The first-order valence-corrected chi connectivity index (χ1v) is 14.3. The molecule has 3 N–H and O–H groups in total. The van der Waals surface area contributed by atoms with E-state index in [0.717, 1.165) is 0 Å². The first-order chi connectivity index (χ1) is 20.2. The van der Waals surface area contributed by atoms with E-state index in [1.54, 1.807) is 55.3 Å². The standard InChI is InChI=1S/C30H38N4O8/c1-18-14-34(19(2)16-35)29(37)22-5-4-6-23(32-28(36)20-9-11-39-12-10-20)27(22)42-26(18)15-33(3)30(38)31-21-7-8-24-25(13-21)41-17-40-24/h4-8,13,18-20,26,35H,9-12,14-17H2,1-3H3,(H,31,38)(H,32,36)/t18-,19-,26-/m0/s1. The van der Waals surface area contributed by atoms with E-state index in [1.807, 2.05) is 6.92 Å². The summed E-state index contributed by atoms with van der Waals surface area (Å²) in [5.41, 5.74) is 1.23. The number of ether oxygens (including phenoxy) is 4. The Balaban J connectivity index is 1.39. The van der Waals surface area contributed by atoms with Crippen LogP contribution in [0.4, 0.5) is 16.2 Å². The molecule has 3 aliphatic rings. The van der Waals surface area contributed by atoms with Gasteiger partial charge in [0.15, 0.2) is 17.2 Å². The molecular weight excluding hydrogens is 544 g/mol. The second-order valence-corrected chi connectivity index (χ2v) is 11.1. The van der Waals surface area contributed by atoms with Gasteiger partial charge in [0, 0.05) is 50.4 Å². The Morgan fingerprint density at radius 3 is 2.64 bits per heavy atom. The van der Waals surface area contributed by atoms with Crippen molar-refractivity contribution in [1.29, 1.82) is 0 Å². The van der Waals surface area contributed by atoms with Crippen molar-refractivity contribution in [2.24, 2.45) is 11.8 Å². The van der Waals surface area contributed by atoms with Crippen LogP contribution < -0.4 is 24.8 Å². The molecule has 0 saturated carbocycles. The van der Waals surface area contributed by atoms with Crippen LogP contribution in [-0.2, 0) is 9.53 Å². The van der Waals surface area contributed by atoms with Crippen molar-refractivity contribution < 1.29 is 38.4 Å². The Kier molecular flexibility index (Phi) is 9.03. The van der Waals surface area contributed by atoms with Gasteiger partial charge in [0.05, 0.1) is 30.4 Å². The van der Waals surface area contributed by atoms with E-state index in [4.69, 9.17) is 18.9 Å². The van der Waals surface area contributed by atoms with Crippen LogP contribution >= 0.6 is 0 Å². The number of carbonyl (C=O) groups excluding carboxylic acids is 3. The summed E-state index contributed by atoms with van der Waals surface area (Å²) in [5.74, 6) is 0.541. The molecule has 0 aliphatic carbocycles. The highest BCUT2D eigenvalue weighted by Crippen LogP contribution is 2.36. The minimum Gasteiger partial charge on any atom is -0.485 e. The van der Waals surface area contributed by atoms with E-state index < -0.39 is 12.1 Å². The number of nitrogens with one attached hydrogen (secondary N) is 2. The predicted molar refractivity (Wildman–Crippen MR) is 154 cm³/mol. The van der Waals surface area contributed by atoms with Crippen molar-refractivity contribution in [3.8, 4) is 17.2 Å². The van der Waals surface area contributed by atoms with Crippen LogP contribution in [0.15, 0.2) is 36.4 Å². The van der Waals surface area contributed by atoms with Crippen LogP contribution in [0.2, 0.25) is 0 Å². The van der Waals surface area contributed by atoms with Gasteiger partial charge < -0.3 is 44.5 Å². The second kappa shape index (κ2) is 12.9. The minimum atomic E-state index is -0.543. The minimum absolute atomic E-state index is 0.136. The molecule has 0 spiro atoms. The van der Waals surface area contributed by atoms with Gasteiger partial charge in [-0.3, -0.25) is 9.59 Å². The summed E-state index contributed by atoms with van der Waals surface area (Å²) >= 11 is 0. The number of amides is 4. The maximum Gasteiger partial charge on any atom is 0.321 e. The average molecular weight is 583 g/mol. The van der Waals surface area contributed by atoms with E-state index >= 15 is 0 Å². The number of hydrogen-bond acceptors (Lipinski definition) is 8. The van der Waals surface area contributed by atoms with Gasteiger partial charge in [0.1, 0.15) is 6.10 Å². The molecule has 12 nitrogen and oxygen atoms in total. The molecule has 1 saturated heterocycles. The molecule has 1 fully saturated rings. The third kappa shape index (κ3) is 6.39. The van der Waals surface area contributed by atoms with Crippen LogP contribution in [0.3, 0.4) is 0 Å². The van der Waals surface area contributed by atoms with E-state index in [2.05, 4.69) is 10.6 Å². The monoisotopic (exact) mass is 582 g/mol. The molecule has 0 radical (unpaired) electrons. The lowest BCUT2D eigenvalue weighted by Gasteiger charge is -2.38. The van der Waals surface area contributed by atoms with E-state index in [-0.39, 0.29) is 60.9 Å². The molecule has 2 aromatic rings. The van der Waals surface area contributed by atoms with Crippen molar-refractivity contribution in [1.82, 2.24) is 9.80 Å². The van der Waals surface area contributed by atoms with Crippen LogP contribution in [-0.4, -0.2) is 91.6 Å². The highest BCUT2D eigenvalue weighted by atomic mass is 16.7. The van der Waals surface area contributed by atoms with Gasteiger partial charge in [0.2, 0.25) is 12.7 Å². The lowest BCUT2D eigenvalue weighted by Crippen LogP contribution is -2.50. The van der Waals surface area contributed by atoms with Gasteiger partial charge in [0.25, 0.3) is 5.91 Å². The van der Waals surface area contributed by atoms with E-state index in [9.17, 15) is 19.5 Å². The number of fused-ring (bicyclic) bond motifs is 2. The first-order valence-electron chi connectivity index (χ1n) is 14.3. The van der Waals surface area contributed by atoms with Crippen molar-refractivity contribution in [3.05, 3.63) is 42.0 Å². The smallest absolute Gasteiger partial charge is 0.321 e. The molecule has 226 valence electrons. The topological polar surface area (TPSA) is 139 Å². The van der Waals surface area contributed by atoms with Gasteiger partial charge in [-0.2, -0.15) is 0 Å². The molecule has 0 aromatic heterocycles. The number of carbonyl (C=O) groups is 3. The summed E-state index contributed by atoms with van der Waals surface area (Å²) in [6.07, 6.45) is 0.690. The number of anilines is 2. The molecule has 0 unspecified atom stereocenters. The molecule has 42 heavy (non-hydrogen) atoms. The number of nitrogens with zero attached hydrogens (tertiary/aromatic N) is 2. The normalized spacial score (nSPS) is 21.0. The quantitative estimate of drug-likeness (QED) is 0.453. The molecule has 0 bridgehead atoms. The highest BCUT2D eigenvalue weighted by molar-refractivity contribution is 6.02. The van der Waals surface area contributed by atoms with Gasteiger partial charge in [-0.1, -0.05) is 13.0 Å². The number of aliphatic hydroxyl groups excluding tert-OH is 1. The number of hydrogen-bond donors (Lipinski definition) is 3. The molecule has 12 heteroatoms. The lowest BCUT2D eigenvalue weighted by atomic mass is 9.98. The summed E-state index contributed by atoms with van der Waals surface area (Å²) in [6, 6.07) is 9.43. The van der Waals surface area contributed by atoms with Crippen molar-refractivity contribution in [2.75, 3.05) is 57.4 Å². The van der Waals surface area contributed by atoms with Crippen LogP contribution in [0, 0.1) is 11.8 Å². The number of likely N-dealkylation sites (N-methyl/N-ethyl adjacent to an activating group) is 1. The second-order valence-electron chi connectivity index (χ2n) is 11.1. The number of aliphatic hydroxyl groups is 1. The molecule has 2 aromatic carbocycles. The number of benzene rings is 2. The zero-order chi connectivity index (χ0) is 29.8. The molecule has 3 aliphatic heterocycles. The summed E-state index contributed by atoms with van der Waals surface area (Å²) < 4.78 is 22.7. The number of rotatable bonds is 7. The van der Waals surface area contributed by atoms with E-state index in [0.29, 0.717) is 55.5 Å². The molecule has 3 heterocycles. The van der Waals surface area contributed by atoms with Crippen molar-refractivity contribution in [2.45, 2.75) is 38.8 Å². The SMILES string of the molecule is C[C@H]1CN([C@@H](C)CO)C(=O)c2cccc(NC(=O)C3CCOCC3)c2O[C@H]1CN(C)C(=O)Nc1ccc2c(c1)OCO2. The molecule has 4 amide bonds. The Bertz CT molecular complexity index is 1310. The van der Waals surface area contributed by atoms with Gasteiger partial charge >= 0.3 is 6.03 Å². The van der Waals surface area contributed by atoms with Crippen LogP contribution in [0.5, 0.6) is 17.2 Å². The number of para-hydroxylation sites is 1. The summed E-state index contributed by atoms with van der Waals surface area (Å²) in [7, 11) is 1.66. The largest absolute Gasteiger partial charge is 0.485 e. The molecule has 5 rings (SSSR count). The van der Waals surface area contributed by atoms with Crippen LogP contribution in [0.25, 0.3) is 0 Å². The van der Waals surface area contributed by atoms with Gasteiger partial charge in [-0.25, -0.2) is 4.79 Å². The average Bonchev–Trinajstić information content (AvgIpc) is 3.47. The summed E-state index contributed by atoms with van der Waals surface area (Å²) in [5, 5.41) is 15.8. The third-order valence-electron chi connectivity index (χ3n) is 7.97. The zero-order valence-corrected chi connectivity index (χ0v) is 24.1. The highest BCUT2D eigenvalue weighted by Gasteiger charge is 2.35. The lowest BCUT2D eigenvalue weighted by molar-refractivity contribution is -0.122. The maximum atomic E-state index is 13.7. The number of urea groups is 1. The van der Waals surface area contributed by atoms with Gasteiger partial charge in [-0.15, -0.1) is 0 Å². The zero-order valence-electron chi connectivity index (χ0n) is 24.1. The van der Waals surface area contributed by atoms with Crippen molar-refractivity contribution >= 4 is 29.2 Å². The van der Waals surface area contributed by atoms with Gasteiger partial charge in [-0.05, 0) is 44.0 Å².